The Morgan fingerprint density at radius 1 is 0.778 bits per heavy atom. The molecule has 0 fully saturated rings. The second-order valence-corrected chi connectivity index (χ2v) is 16.8. The van der Waals surface area contributed by atoms with Crippen molar-refractivity contribution in [1.82, 2.24) is 0 Å². The third-order valence-corrected chi connectivity index (χ3v) is 7.29. The molecule has 0 spiro atoms. The van der Waals surface area contributed by atoms with Crippen molar-refractivity contribution >= 4 is 26.5 Å². The molecule has 1 rings (SSSR count). The fourth-order valence-electron chi connectivity index (χ4n) is 2.00. The van der Waals surface area contributed by atoms with Crippen LogP contribution in [0.15, 0.2) is 18.2 Å². The van der Waals surface area contributed by atoms with Gasteiger partial charge in [-0.3, -0.25) is 0 Å². The minimum Gasteiger partial charge on any atom is -0.166 e. The first-order valence-electron chi connectivity index (χ1n) is 6.05. The van der Waals surface area contributed by atoms with E-state index in [1.165, 1.54) is 17.3 Å². The van der Waals surface area contributed by atoms with E-state index in [2.05, 4.69) is 39.3 Å². The first-order valence-corrected chi connectivity index (χ1v) is 13.1. The predicted molar refractivity (Wildman–Crippen MR) is 77.4 cm³/mol. The van der Waals surface area contributed by atoms with Crippen LogP contribution in [0.2, 0.25) is 39.3 Å². The molecule has 0 saturated heterocycles. The van der Waals surface area contributed by atoms with Gasteiger partial charge in [-0.1, -0.05) is 67.9 Å². The number of alkyl halides is 3. The Kier molecular flexibility index (Phi) is 3.90. The van der Waals surface area contributed by atoms with Crippen molar-refractivity contribution in [3.05, 3.63) is 23.8 Å². The highest BCUT2D eigenvalue weighted by Gasteiger charge is 2.34. The van der Waals surface area contributed by atoms with Gasteiger partial charge in [-0.15, -0.1) is 0 Å². The SMILES string of the molecule is C[Si](C)(C)c1ccc(C(F)(F)F)cc1[Si](C)(C)C. The fourth-order valence-corrected chi connectivity index (χ4v) is 7.19. The van der Waals surface area contributed by atoms with Gasteiger partial charge >= 0.3 is 6.18 Å². The molecular weight excluding hydrogens is 269 g/mol. The molecule has 0 radical (unpaired) electrons. The van der Waals surface area contributed by atoms with E-state index in [1.807, 2.05) is 0 Å². The van der Waals surface area contributed by atoms with Crippen molar-refractivity contribution in [1.29, 1.82) is 0 Å². The minimum absolute atomic E-state index is 0.512. The molecule has 0 aliphatic carbocycles. The van der Waals surface area contributed by atoms with Gasteiger partial charge in [0, 0.05) is 0 Å². The van der Waals surface area contributed by atoms with E-state index in [9.17, 15) is 13.2 Å². The highest BCUT2D eigenvalue weighted by molar-refractivity contribution is 6.98. The van der Waals surface area contributed by atoms with Crippen LogP contribution in [0.5, 0.6) is 0 Å². The summed E-state index contributed by atoms with van der Waals surface area (Å²) in [5, 5.41) is 2.14. The third-order valence-electron chi connectivity index (χ3n) is 2.96. The molecule has 0 unspecified atom stereocenters. The zero-order valence-corrected chi connectivity index (χ0v) is 13.9. The standard InChI is InChI=1S/C13H21F3Si2/c1-17(2,3)11-8-7-10(13(14,15)16)9-12(11)18(4,5)6/h7-9H,1-6H3. The lowest BCUT2D eigenvalue weighted by Gasteiger charge is -2.28. The molecule has 102 valence electrons. The number of halogens is 3. The monoisotopic (exact) mass is 290 g/mol. The lowest BCUT2D eigenvalue weighted by molar-refractivity contribution is -0.137. The largest absolute Gasteiger partial charge is 0.416 e. The van der Waals surface area contributed by atoms with Gasteiger partial charge in [0.1, 0.15) is 0 Å². The molecule has 0 aliphatic heterocycles. The Balaban J connectivity index is 3.50. The van der Waals surface area contributed by atoms with Crippen LogP contribution < -0.4 is 10.4 Å². The van der Waals surface area contributed by atoms with Gasteiger partial charge in [-0.25, -0.2) is 0 Å². The normalized spacial score (nSPS) is 13.8. The Morgan fingerprint density at radius 3 is 1.56 bits per heavy atom. The molecule has 5 heteroatoms. The molecule has 0 N–H and O–H groups in total. The average Bonchev–Trinajstić information content (AvgIpc) is 2.12. The number of benzene rings is 1. The van der Waals surface area contributed by atoms with Gasteiger partial charge < -0.3 is 0 Å². The molecule has 0 heterocycles. The van der Waals surface area contributed by atoms with Gasteiger partial charge in [0.2, 0.25) is 0 Å². The van der Waals surface area contributed by atoms with Crippen LogP contribution in [0.25, 0.3) is 0 Å². The van der Waals surface area contributed by atoms with E-state index in [0.29, 0.717) is 0 Å². The summed E-state index contributed by atoms with van der Waals surface area (Å²) >= 11 is 0. The maximum atomic E-state index is 12.8. The summed E-state index contributed by atoms with van der Waals surface area (Å²) in [4.78, 5) is 0. The van der Waals surface area contributed by atoms with Gasteiger partial charge in [0.15, 0.2) is 0 Å². The van der Waals surface area contributed by atoms with E-state index in [4.69, 9.17) is 0 Å². The Labute approximate surface area is 109 Å². The van der Waals surface area contributed by atoms with E-state index >= 15 is 0 Å². The topological polar surface area (TPSA) is 0 Å². The maximum absolute atomic E-state index is 12.8. The number of hydrogen-bond acceptors (Lipinski definition) is 0. The molecule has 0 nitrogen and oxygen atoms in total. The third kappa shape index (κ3) is 3.48. The van der Waals surface area contributed by atoms with Gasteiger partial charge in [0.05, 0.1) is 21.7 Å². The zero-order chi connectivity index (χ0) is 14.4. The highest BCUT2D eigenvalue weighted by Crippen LogP contribution is 2.28. The number of hydrogen-bond donors (Lipinski definition) is 0. The summed E-state index contributed by atoms with van der Waals surface area (Å²) in [6.07, 6.45) is -4.24. The highest BCUT2D eigenvalue weighted by atomic mass is 28.3. The zero-order valence-electron chi connectivity index (χ0n) is 11.9. The predicted octanol–water partition coefficient (Wildman–Crippen LogP) is 3.80. The van der Waals surface area contributed by atoms with Crippen molar-refractivity contribution in [2.75, 3.05) is 0 Å². The summed E-state index contributed by atoms with van der Waals surface area (Å²) in [5.41, 5.74) is -0.512. The second kappa shape index (κ2) is 4.52. The van der Waals surface area contributed by atoms with Crippen LogP contribution in [-0.4, -0.2) is 16.1 Å². The molecule has 0 atom stereocenters. The summed E-state index contributed by atoms with van der Waals surface area (Å²) < 4.78 is 38.4. The molecule has 18 heavy (non-hydrogen) atoms. The first kappa shape index (κ1) is 15.5. The van der Waals surface area contributed by atoms with Gasteiger partial charge in [-0.05, 0) is 0 Å². The molecule has 0 aromatic heterocycles. The molecule has 0 amide bonds. The average molecular weight is 290 g/mol. The second-order valence-electron chi connectivity index (χ2n) is 6.76. The Bertz CT molecular complexity index is 437. The lowest BCUT2D eigenvalue weighted by Crippen LogP contribution is -2.56. The van der Waals surface area contributed by atoms with Gasteiger partial charge in [-0.2, -0.15) is 13.2 Å². The first-order chi connectivity index (χ1) is 7.83. The Hall–Kier alpha value is -0.556. The molecule has 0 saturated carbocycles. The van der Waals surface area contributed by atoms with Crippen molar-refractivity contribution in [3.8, 4) is 0 Å². The van der Waals surface area contributed by atoms with E-state index in [-0.39, 0.29) is 0 Å². The van der Waals surface area contributed by atoms with Crippen LogP contribution in [0.3, 0.4) is 0 Å². The molecule has 1 aromatic rings. The lowest BCUT2D eigenvalue weighted by atomic mass is 10.2. The Morgan fingerprint density at radius 2 is 1.22 bits per heavy atom. The maximum Gasteiger partial charge on any atom is 0.416 e. The van der Waals surface area contributed by atoms with Crippen LogP contribution in [0.4, 0.5) is 13.2 Å². The van der Waals surface area contributed by atoms with Crippen LogP contribution >= 0.6 is 0 Å². The van der Waals surface area contributed by atoms with Crippen molar-refractivity contribution in [3.63, 3.8) is 0 Å². The summed E-state index contributed by atoms with van der Waals surface area (Å²) in [6.45, 7) is 12.8. The van der Waals surface area contributed by atoms with Crippen LogP contribution in [-0.2, 0) is 6.18 Å². The van der Waals surface area contributed by atoms with Crippen LogP contribution in [0, 0.1) is 0 Å². The smallest absolute Gasteiger partial charge is 0.166 e. The fraction of sp³-hybridized carbons (Fsp3) is 0.538. The minimum atomic E-state index is -4.24. The van der Waals surface area contributed by atoms with Crippen molar-refractivity contribution in [2.45, 2.75) is 45.5 Å². The molecule has 0 bridgehead atoms. The molecule has 1 aromatic carbocycles. The van der Waals surface area contributed by atoms with E-state index in [1.54, 1.807) is 6.07 Å². The van der Waals surface area contributed by atoms with E-state index < -0.39 is 27.9 Å². The van der Waals surface area contributed by atoms with E-state index in [0.717, 1.165) is 5.19 Å². The summed E-state index contributed by atoms with van der Waals surface area (Å²) in [7, 11) is -3.37. The quantitative estimate of drug-likeness (QED) is 0.727. The van der Waals surface area contributed by atoms with Crippen LogP contribution in [0.1, 0.15) is 5.56 Å². The summed E-state index contributed by atoms with van der Waals surface area (Å²) in [6, 6.07) is 4.33. The van der Waals surface area contributed by atoms with Crippen molar-refractivity contribution < 1.29 is 13.2 Å². The molecule has 0 aliphatic rings. The van der Waals surface area contributed by atoms with Gasteiger partial charge in [0.25, 0.3) is 0 Å². The number of rotatable bonds is 2. The molecular formula is C13H21F3Si2. The van der Waals surface area contributed by atoms with Crippen molar-refractivity contribution in [2.24, 2.45) is 0 Å². The summed E-state index contributed by atoms with van der Waals surface area (Å²) in [5.74, 6) is 0.